The van der Waals surface area contributed by atoms with Crippen molar-refractivity contribution < 1.29 is 19.2 Å². The van der Waals surface area contributed by atoms with E-state index in [1.165, 1.54) is 13.0 Å². The molecule has 1 aliphatic rings. The summed E-state index contributed by atoms with van der Waals surface area (Å²) >= 11 is 12.2. The number of hydrogen-bond acceptors (Lipinski definition) is 4. The summed E-state index contributed by atoms with van der Waals surface area (Å²) in [6.07, 6.45) is 0.242. The molecule has 1 unspecified atom stereocenters. The lowest BCUT2D eigenvalue weighted by Crippen LogP contribution is -2.46. The first kappa shape index (κ1) is 23.4. The van der Waals surface area contributed by atoms with E-state index in [0.29, 0.717) is 36.5 Å². The van der Waals surface area contributed by atoms with Crippen LogP contribution in [0.5, 0.6) is 5.75 Å². The molecule has 1 aromatic rings. The lowest BCUT2D eigenvalue weighted by Gasteiger charge is -2.38. The number of hydrogen-bond donors (Lipinski definition) is 3. The number of phenols is 1. The van der Waals surface area contributed by atoms with Gasteiger partial charge in [0.15, 0.2) is 0 Å². The number of amides is 1. The highest BCUT2D eigenvalue weighted by Crippen LogP contribution is 2.39. The van der Waals surface area contributed by atoms with Crippen LogP contribution in [0.3, 0.4) is 0 Å². The smallest absolute Gasteiger partial charge is 0.251 e. The van der Waals surface area contributed by atoms with E-state index in [-0.39, 0.29) is 22.6 Å². The van der Waals surface area contributed by atoms with E-state index in [4.69, 9.17) is 23.2 Å². The Morgan fingerprint density at radius 1 is 1.25 bits per heavy atom. The molecule has 0 saturated carbocycles. The fourth-order valence-corrected chi connectivity index (χ4v) is 4.46. The van der Waals surface area contributed by atoms with E-state index in [9.17, 15) is 19.2 Å². The fourth-order valence-electron chi connectivity index (χ4n) is 3.22. The number of aliphatic hydroxyl groups is 1. The van der Waals surface area contributed by atoms with Crippen LogP contribution in [0.4, 0.5) is 0 Å². The maximum absolute atomic E-state index is 12.8. The fraction of sp³-hybridized carbons (Fsp3) is 0.632. The van der Waals surface area contributed by atoms with Gasteiger partial charge in [-0.25, -0.2) is 8.93 Å². The average Bonchev–Trinajstić information content (AvgIpc) is 2.61. The van der Waals surface area contributed by atoms with Crippen LogP contribution in [0.15, 0.2) is 12.1 Å². The first-order chi connectivity index (χ1) is 12.9. The van der Waals surface area contributed by atoms with Gasteiger partial charge in [0.1, 0.15) is 11.9 Å². The van der Waals surface area contributed by atoms with Crippen LogP contribution in [0.2, 0.25) is 10.0 Å². The molecule has 6 nitrogen and oxygen atoms in total. The summed E-state index contributed by atoms with van der Waals surface area (Å²) in [6.45, 7) is 8.02. The molecule has 1 heterocycles. The van der Waals surface area contributed by atoms with Crippen LogP contribution >= 0.6 is 23.2 Å². The first-order valence-corrected chi connectivity index (χ1v) is 11.1. The second-order valence-corrected chi connectivity index (χ2v) is 11.0. The highest BCUT2D eigenvalue weighted by molar-refractivity contribution is 7.84. The zero-order valence-corrected chi connectivity index (χ0v) is 18.9. The molecule has 1 saturated heterocycles. The van der Waals surface area contributed by atoms with Crippen molar-refractivity contribution in [2.24, 2.45) is 5.92 Å². The van der Waals surface area contributed by atoms with Gasteiger partial charge < -0.3 is 15.1 Å². The maximum atomic E-state index is 12.8. The summed E-state index contributed by atoms with van der Waals surface area (Å²) in [6, 6.07) is 2.57. The molecular formula is C19H28Cl2N2O4S. The van der Waals surface area contributed by atoms with Crippen molar-refractivity contribution in [3.8, 4) is 5.75 Å². The third-order valence-electron chi connectivity index (χ3n) is 4.87. The second-order valence-electron chi connectivity index (χ2n) is 8.14. The Morgan fingerprint density at radius 3 is 2.29 bits per heavy atom. The van der Waals surface area contributed by atoms with Gasteiger partial charge in [0.05, 0.1) is 31.8 Å². The molecule has 28 heavy (non-hydrogen) atoms. The summed E-state index contributed by atoms with van der Waals surface area (Å²) < 4.78 is 15.4. The van der Waals surface area contributed by atoms with Crippen molar-refractivity contribution in [2.45, 2.75) is 57.4 Å². The predicted molar refractivity (Wildman–Crippen MR) is 113 cm³/mol. The molecule has 3 atom stereocenters. The molecule has 1 aliphatic heterocycles. The number of nitrogens with one attached hydrogen (secondary N) is 1. The lowest BCUT2D eigenvalue weighted by molar-refractivity contribution is -0.140. The Hall–Kier alpha value is -0.860. The Balaban J connectivity index is 2.29. The molecule has 2 rings (SSSR count). The average molecular weight is 451 g/mol. The number of phenolic OH excluding ortho intramolecular Hbond substituents is 1. The number of carbonyl (C=O) groups is 1. The van der Waals surface area contributed by atoms with Crippen LogP contribution in [-0.2, 0) is 15.8 Å². The van der Waals surface area contributed by atoms with E-state index in [1.807, 2.05) is 20.8 Å². The van der Waals surface area contributed by atoms with Crippen molar-refractivity contribution in [3.63, 3.8) is 0 Å². The molecule has 1 aromatic carbocycles. The number of benzene rings is 1. The van der Waals surface area contributed by atoms with Crippen LogP contribution in [0, 0.1) is 5.92 Å². The second kappa shape index (κ2) is 9.30. The third kappa shape index (κ3) is 5.60. The summed E-state index contributed by atoms with van der Waals surface area (Å²) in [5.74, 6) is -0.286. The van der Waals surface area contributed by atoms with Gasteiger partial charge >= 0.3 is 0 Å². The summed E-state index contributed by atoms with van der Waals surface area (Å²) in [4.78, 5) is 13.7. The van der Waals surface area contributed by atoms with Gasteiger partial charge in [-0.3, -0.25) is 4.79 Å². The molecule has 158 valence electrons. The molecule has 0 bridgehead atoms. The molecule has 3 N–H and O–H groups in total. The van der Waals surface area contributed by atoms with Gasteiger partial charge in [0.2, 0.25) is 0 Å². The monoisotopic (exact) mass is 450 g/mol. The molecule has 0 radical (unpaired) electrons. The number of aromatic hydroxyl groups is 1. The zero-order valence-electron chi connectivity index (χ0n) is 16.5. The highest BCUT2D eigenvalue weighted by Gasteiger charge is 2.34. The first-order valence-electron chi connectivity index (χ1n) is 9.24. The van der Waals surface area contributed by atoms with E-state index < -0.39 is 27.9 Å². The molecule has 0 aliphatic carbocycles. The molecule has 1 fully saturated rings. The normalized spacial score (nSPS) is 19.3. The SMILES string of the molecule is C[C@H](O)C(=O)N1CCC([C@@H](NS(=O)C(C)(C)C)c2cc(Cl)c(Cl)cc2O)CC1. The molecule has 1 amide bonds. The molecule has 0 spiro atoms. The van der Waals surface area contributed by atoms with Gasteiger partial charge in [-0.2, -0.15) is 0 Å². The number of aliphatic hydroxyl groups excluding tert-OH is 1. The van der Waals surface area contributed by atoms with E-state index >= 15 is 0 Å². The lowest BCUT2D eigenvalue weighted by atomic mass is 9.85. The van der Waals surface area contributed by atoms with Gasteiger partial charge in [-0.15, -0.1) is 0 Å². The van der Waals surface area contributed by atoms with Crippen LogP contribution in [0.1, 0.15) is 52.1 Å². The van der Waals surface area contributed by atoms with Crippen LogP contribution in [0.25, 0.3) is 0 Å². The minimum atomic E-state index is -1.37. The van der Waals surface area contributed by atoms with Gasteiger partial charge in [0, 0.05) is 24.7 Å². The molecule has 9 heteroatoms. The number of piperidine rings is 1. The Bertz CT molecular complexity index is 744. The Kier molecular flexibility index (Phi) is 7.78. The van der Waals surface area contributed by atoms with Crippen LogP contribution < -0.4 is 4.72 Å². The number of nitrogens with zero attached hydrogens (tertiary/aromatic N) is 1. The van der Waals surface area contributed by atoms with Crippen molar-refractivity contribution in [1.82, 2.24) is 9.62 Å². The zero-order chi connectivity index (χ0) is 21.2. The largest absolute Gasteiger partial charge is 0.508 e. The number of rotatable bonds is 5. The topological polar surface area (TPSA) is 89.9 Å². The summed E-state index contributed by atoms with van der Waals surface area (Å²) in [7, 11) is -1.37. The summed E-state index contributed by atoms with van der Waals surface area (Å²) in [5.41, 5.74) is 0.535. The number of carbonyl (C=O) groups excluding carboxylic acids is 1. The molecule has 0 aromatic heterocycles. The predicted octanol–water partition coefficient (Wildman–Crippen LogP) is 3.41. The third-order valence-corrected chi connectivity index (χ3v) is 7.18. The highest BCUT2D eigenvalue weighted by atomic mass is 35.5. The van der Waals surface area contributed by atoms with Gasteiger partial charge in [-0.05, 0) is 52.5 Å². The van der Waals surface area contributed by atoms with Crippen molar-refractivity contribution in [2.75, 3.05) is 13.1 Å². The minimum absolute atomic E-state index is 0.0136. The van der Waals surface area contributed by atoms with E-state index in [2.05, 4.69) is 4.72 Å². The summed E-state index contributed by atoms with van der Waals surface area (Å²) in [5, 5.41) is 20.5. The standard InChI is InChI=1S/C19H28Cl2N2O4S/c1-11(24)18(26)23-7-5-12(6-8-23)17(22-28(27)19(2,3)4)13-9-14(20)15(21)10-16(13)25/h9-12,17,22,24-25H,5-8H2,1-4H3/t11-,17+,28?/m0/s1. The van der Waals surface area contributed by atoms with E-state index in [0.717, 1.165) is 0 Å². The minimum Gasteiger partial charge on any atom is -0.508 e. The van der Waals surface area contributed by atoms with Crippen molar-refractivity contribution in [1.29, 1.82) is 0 Å². The Labute approximate surface area is 178 Å². The van der Waals surface area contributed by atoms with Crippen LogP contribution in [-0.4, -0.2) is 49.2 Å². The van der Waals surface area contributed by atoms with Gasteiger partial charge in [-0.1, -0.05) is 23.2 Å². The number of halogens is 2. The Morgan fingerprint density at radius 2 is 1.79 bits per heavy atom. The van der Waals surface area contributed by atoms with Crippen molar-refractivity contribution in [3.05, 3.63) is 27.7 Å². The maximum Gasteiger partial charge on any atom is 0.251 e. The van der Waals surface area contributed by atoms with Crippen molar-refractivity contribution >= 4 is 40.1 Å². The van der Waals surface area contributed by atoms with E-state index in [1.54, 1.807) is 11.0 Å². The quantitative estimate of drug-likeness (QED) is 0.640. The number of likely N-dealkylation sites (tertiary alicyclic amines) is 1. The van der Waals surface area contributed by atoms with Gasteiger partial charge in [0.25, 0.3) is 5.91 Å². The molecular weight excluding hydrogens is 423 g/mol.